The quantitative estimate of drug-likeness (QED) is 0.819. The number of hydrogen-bond acceptors (Lipinski definition) is 3. The van der Waals surface area contributed by atoms with Gasteiger partial charge in [0.25, 0.3) is 0 Å². The minimum absolute atomic E-state index is 0.210. The molecule has 1 N–H and O–H groups in total. The second-order valence-electron chi connectivity index (χ2n) is 4.65. The molecule has 0 aliphatic carbocycles. The Morgan fingerprint density at radius 2 is 1.95 bits per heavy atom. The first-order chi connectivity index (χ1) is 9.55. The largest absolute Gasteiger partial charge is 0.390 e. The van der Waals surface area contributed by atoms with Crippen LogP contribution in [0.1, 0.15) is 37.0 Å². The predicted octanol–water partition coefficient (Wildman–Crippen LogP) is 2.90. The summed E-state index contributed by atoms with van der Waals surface area (Å²) in [6.45, 7) is 2.76. The first-order valence-electron chi connectivity index (χ1n) is 6.27. The lowest BCUT2D eigenvalue weighted by Gasteiger charge is -2.16. The average molecular weight is 323 g/mol. The van der Waals surface area contributed by atoms with E-state index >= 15 is 0 Å². The normalized spacial score (nSPS) is 14.0. The fraction of sp³-hybridized carbons (Fsp3) is 0.462. The molecule has 8 heteroatoms. The molecule has 0 saturated heterocycles. The van der Waals surface area contributed by atoms with Gasteiger partial charge < -0.3 is 0 Å². The van der Waals surface area contributed by atoms with E-state index in [1.54, 1.807) is 6.92 Å². The Morgan fingerprint density at radius 1 is 1.33 bits per heavy atom. The fourth-order valence-corrected chi connectivity index (χ4v) is 3.05. The molecule has 21 heavy (non-hydrogen) atoms. The molecule has 1 rings (SSSR count). The van der Waals surface area contributed by atoms with Gasteiger partial charge in [0, 0.05) is 18.0 Å². The van der Waals surface area contributed by atoms with Crippen LogP contribution >= 0.6 is 0 Å². The summed E-state index contributed by atoms with van der Waals surface area (Å²) in [7, 11) is -4.10. The predicted molar refractivity (Wildman–Crippen MR) is 71.5 cm³/mol. The van der Waals surface area contributed by atoms with Crippen LogP contribution in [0.5, 0.6) is 0 Å². The van der Waals surface area contributed by atoms with Crippen molar-refractivity contribution in [3.8, 4) is 0 Å². The monoisotopic (exact) mass is 323 g/mol. The van der Waals surface area contributed by atoms with Crippen molar-refractivity contribution in [1.29, 1.82) is 0 Å². The van der Waals surface area contributed by atoms with Crippen LogP contribution in [0.25, 0.3) is 0 Å². The highest BCUT2D eigenvalue weighted by atomic mass is 32.2. The fourth-order valence-electron chi connectivity index (χ4n) is 1.76. The van der Waals surface area contributed by atoms with Crippen LogP contribution in [-0.2, 0) is 10.0 Å². The highest BCUT2D eigenvalue weighted by Crippen LogP contribution is 2.22. The summed E-state index contributed by atoms with van der Waals surface area (Å²) in [5, 5.41) is 0. The molecule has 1 aromatic carbocycles. The van der Waals surface area contributed by atoms with Gasteiger partial charge in [-0.1, -0.05) is 19.1 Å². The number of benzene rings is 1. The molecule has 0 aliphatic heterocycles. The molecular weight excluding hydrogens is 307 g/mol. The van der Waals surface area contributed by atoms with E-state index < -0.39 is 28.7 Å². The zero-order chi connectivity index (χ0) is 16.3. The molecule has 0 bridgehead atoms. The molecular formula is C13H16F3NO3S. The van der Waals surface area contributed by atoms with Crippen LogP contribution < -0.4 is 4.72 Å². The number of ketones is 1. The van der Waals surface area contributed by atoms with Crippen molar-refractivity contribution in [3.05, 3.63) is 29.8 Å². The summed E-state index contributed by atoms with van der Waals surface area (Å²) in [5.74, 6) is -0.240. The number of carbonyl (C=O) groups excluding carboxylic acids is 1. The highest BCUT2D eigenvalue weighted by molar-refractivity contribution is 7.89. The second kappa shape index (κ2) is 6.57. The number of rotatable bonds is 6. The van der Waals surface area contributed by atoms with Crippen molar-refractivity contribution in [2.75, 3.05) is 0 Å². The van der Waals surface area contributed by atoms with Crippen molar-refractivity contribution in [1.82, 2.24) is 4.72 Å². The van der Waals surface area contributed by atoms with Gasteiger partial charge in [0.2, 0.25) is 10.0 Å². The average Bonchev–Trinajstić information content (AvgIpc) is 2.35. The third kappa shape index (κ3) is 5.47. The first kappa shape index (κ1) is 17.6. The Hall–Kier alpha value is -1.41. The van der Waals surface area contributed by atoms with Gasteiger partial charge in [-0.3, -0.25) is 4.79 Å². The van der Waals surface area contributed by atoms with Gasteiger partial charge in [-0.2, -0.15) is 13.2 Å². The number of carbonyl (C=O) groups is 1. The molecule has 1 aromatic rings. The summed E-state index contributed by atoms with van der Waals surface area (Å²) in [6, 6.07) is 3.94. The zero-order valence-electron chi connectivity index (χ0n) is 11.6. The molecule has 0 radical (unpaired) electrons. The summed E-state index contributed by atoms with van der Waals surface area (Å²) in [4.78, 5) is 11.3. The summed E-state index contributed by atoms with van der Waals surface area (Å²) in [6.07, 6.45) is -5.51. The lowest BCUT2D eigenvalue weighted by molar-refractivity contribution is -0.137. The van der Waals surface area contributed by atoms with Crippen LogP contribution in [-0.4, -0.2) is 26.4 Å². The van der Waals surface area contributed by atoms with Gasteiger partial charge in [-0.15, -0.1) is 0 Å². The molecule has 0 heterocycles. The van der Waals surface area contributed by atoms with E-state index in [4.69, 9.17) is 0 Å². The number of hydrogen-bond donors (Lipinski definition) is 1. The minimum atomic E-state index is -4.46. The molecule has 0 spiro atoms. The van der Waals surface area contributed by atoms with E-state index in [1.165, 1.54) is 18.2 Å². The smallest absolute Gasteiger partial charge is 0.294 e. The van der Waals surface area contributed by atoms with E-state index in [9.17, 15) is 26.4 Å². The number of alkyl halides is 3. The third-order valence-corrected chi connectivity index (χ3v) is 4.27. The van der Waals surface area contributed by atoms with Crippen LogP contribution in [0.3, 0.4) is 0 Å². The van der Waals surface area contributed by atoms with Crippen molar-refractivity contribution >= 4 is 15.8 Å². The van der Waals surface area contributed by atoms with Crippen molar-refractivity contribution in [3.63, 3.8) is 0 Å². The first-order valence-corrected chi connectivity index (χ1v) is 7.76. The van der Waals surface area contributed by atoms with E-state index in [-0.39, 0.29) is 22.7 Å². The van der Waals surface area contributed by atoms with Crippen LogP contribution in [0.15, 0.2) is 29.2 Å². The maximum Gasteiger partial charge on any atom is 0.390 e. The lowest BCUT2D eigenvalue weighted by Crippen LogP contribution is -2.36. The number of sulfonamides is 1. The second-order valence-corrected chi connectivity index (χ2v) is 6.36. The van der Waals surface area contributed by atoms with Gasteiger partial charge in [0.1, 0.15) is 0 Å². The Bertz CT molecular complexity index is 611. The maximum atomic E-state index is 12.2. The molecule has 1 unspecified atom stereocenters. The molecule has 4 nitrogen and oxygen atoms in total. The molecule has 1 atom stereocenters. The lowest BCUT2D eigenvalue weighted by atomic mass is 10.1. The van der Waals surface area contributed by atoms with Crippen molar-refractivity contribution < 1.29 is 26.4 Å². The minimum Gasteiger partial charge on any atom is -0.294 e. The summed E-state index contributed by atoms with van der Waals surface area (Å²) < 4.78 is 62.6. The zero-order valence-corrected chi connectivity index (χ0v) is 12.4. The van der Waals surface area contributed by atoms with Crippen molar-refractivity contribution in [2.24, 2.45) is 0 Å². The third-order valence-electron chi connectivity index (χ3n) is 2.68. The maximum absolute atomic E-state index is 12.2. The number of nitrogens with one attached hydrogen (secondary N) is 1. The van der Waals surface area contributed by atoms with Crippen molar-refractivity contribution in [2.45, 2.75) is 43.8 Å². The Morgan fingerprint density at radius 3 is 2.48 bits per heavy atom. The van der Waals surface area contributed by atoms with E-state index in [1.807, 2.05) is 4.72 Å². The van der Waals surface area contributed by atoms with E-state index in [0.29, 0.717) is 0 Å². The Balaban J connectivity index is 2.95. The highest BCUT2D eigenvalue weighted by Gasteiger charge is 2.32. The molecule has 0 saturated carbocycles. The van der Waals surface area contributed by atoms with Gasteiger partial charge in [0.15, 0.2) is 5.78 Å². The van der Waals surface area contributed by atoms with E-state index in [2.05, 4.69) is 0 Å². The summed E-state index contributed by atoms with van der Waals surface area (Å²) in [5.41, 5.74) is 0.212. The van der Waals surface area contributed by atoms with Crippen LogP contribution in [0.2, 0.25) is 0 Å². The van der Waals surface area contributed by atoms with Gasteiger partial charge in [0.05, 0.1) is 11.3 Å². The summed E-state index contributed by atoms with van der Waals surface area (Å²) >= 11 is 0. The van der Waals surface area contributed by atoms with Gasteiger partial charge in [-0.25, -0.2) is 13.1 Å². The molecule has 0 fully saturated rings. The number of halogens is 3. The molecule has 0 aromatic heterocycles. The standard InChI is InChI=1S/C13H16F3NO3S/c1-3-12(18)10-5-4-6-11(7-10)21(19,20)17-9(2)8-13(14,15)16/h4-7,9,17H,3,8H2,1-2H3. The Kier molecular flexibility index (Phi) is 5.52. The number of Topliss-reactive ketones (excluding diaryl/α,β-unsaturated/α-hetero) is 1. The van der Waals surface area contributed by atoms with E-state index in [0.717, 1.165) is 13.0 Å². The van der Waals surface area contributed by atoms with Gasteiger partial charge >= 0.3 is 6.18 Å². The van der Waals surface area contributed by atoms with Crippen LogP contribution in [0.4, 0.5) is 13.2 Å². The topological polar surface area (TPSA) is 63.2 Å². The van der Waals surface area contributed by atoms with Gasteiger partial charge in [-0.05, 0) is 19.1 Å². The molecule has 118 valence electrons. The van der Waals surface area contributed by atoms with Crippen LogP contribution in [0, 0.1) is 0 Å². The molecule has 0 aliphatic rings. The Labute approximate surface area is 121 Å². The molecule has 0 amide bonds. The SMILES string of the molecule is CCC(=O)c1cccc(S(=O)(=O)NC(C)CC(F)(F)F)c1.